The van der Waals surface area contributed by atoms with E-state index in [1.807, 2.05) is 44.1 Å². The second-order valence-electron chi connectivity index (χ2n) is 3.69. The van der Waals surface area contributed by atoms with E-state index in [9.17, 15) is 4.79 Å². The molecule has 0 saturated carbocycles. The quantitative estimate of drug-likeness (QED) is 0.814. The Morgan fingerprint density at radius 2 is 2.13 bits per heavy atom. The Labute approximate surface area is 91.1 Å². The summed E-state index contributed by atoms with van der Waals surface area (Å²) in [4.78, 5) is 13.1. The van der Waals surface area contributed by atoms with Crippen LogP contribution in [0.15, 0.2) is 24.3 Å². The smallest absolute Gasteiger partial charge is 0.219 e. The fraction of sp³-hybridized carbons (Fsp3) is 0.417. The molecule has 3 heteroatoms. The number of rotatable bonds is 4. The Hall–Kier alpha value is -1.51. The number of hydrogen-bond donors (Lipinski definition) is 1. The summed E-state index contributed by atoms with van der Waals surface area (Å²) in [6, 6.07) is 8.15. The van der Waals surface area contributed by atoms with Gasteiger partial charge in [0.15, 0.2) is 0 Å². The Morgan fingerprint density at radius 1 is 1.40 bits per heavy atom. The van der Waals surface area contributed by atoms with Gasteiger partial charge in [-0.25, -0.2) is 0 Å². The van der Waals surface area contributed by atoms with Crippen LogP contribution in [0.5, 0.6) is 0 Å². The van der Waals surface area contributed by atoms with Crippen LogP contribution in [0.3, 0.4) is 0 Å². The Balaban J connectivity index is 2.61. The van der Waals surface area contributed by atoms with E-state index in [0.717, 1.165) is 11.3 Å². The lowest BCUT2D eigenvalue weighted by Crippen LogP contribution is -2.21. The molecule has 1 aromatic rings. The molecule has 0 unspecified atom stereocenters. The maximum absolute atomic E-state index is 11.1. The van der Waals surface area contributed by atoms with E-state index in [2.05, 4.69) is 11.4 Å². The highest BCUT2D eigenvalue weighted by Gasteiger charge is 1.99. The number of nitrogens with one attached hydrogen (secondary N) is 1. The van der Waals surface area contributed by atoms with Crippen molar-refractivity contribution in [3.8, 4) is 0 Å². The number of hydrogen-bond acceptors (Lipinski definition) is 2. The molecule has 0 saturated heterocycles. The molecule has 1 amide bonds. The number of carbonyl (C=O) groups excluding carboxylic acids is 1. The molecule has 0 atom stereocenters. The lowest BCUT2D eigenvalue weighted by Gasteiger charge is -2.13. The van der Waals surface area contributed by atoms with E-state index in [0.29, 0.717) is 13.0 Å². The van der Waals surface area contributed by atoms with Crippen molar-refractivity contribution in [2.75, 3.05) is 19.0 Å². The third-order valence-corrected chi connectivity index (χ3v) is 2.24. The number of nitrogens with zero attached hydrogens (tertiary/aromatic N) is 1. The third kappa shape index (κ3) is 3.62. The van der Waals surface area contributed by atoms with Gasteiger partial charge in [-0.3, -0.25) is 4.79 Å². The predicted octanol–water partition coefficient (Wildman–Crippen LogP) is 1.78. The first-order valence-corrected chi connectivity index (χ1v) is 5.16. The fourth-order valence-electron chi connectivity index (χ4n) is 1.27. The molecule has 3 nitrogen and oxygen atoms in total. The molecule has 0 radical (unpaired) electrons. The molecule has 0 aliphatic rings. The maximum Gasteiger partial charge on any atom is 0.219 e. The highest BCUT2D eigenvalue weighted by molar-refractivity contribution is 5.75. The second kappa shape index (κ2) is 5.39. The molecular formula is C12H18N2O. The first-order chi connectivity index (χ1) is 7.13. The molecule has 1 aromatic carbocycles. The normalized spacial score (nSPS) is 9.80. The van der Waals surface area contributed by atoms with Crippen LogP contribution < -0.4 is 10.2 Å². The van der Waals surface area contributed by atoms with Crippen molar-refractivity contribution in [1.82, 2.24) is 5.32 Å². The van der Waals surface area contributed by atoms with E-state index in [1.165, 1.54) is 0 Å². The lowest BCUT2D eigenvalue weighted by molar-refractivity contribution is -0.120. The Morgan fingerprint density at radius 3 is 2.73 bits per heavy atom. The highest BCUT2D eigenvalue weighted by Crippen LogP contribution is 2.12. The molecule has 0 spiro atoms. The van der Waals surface area contributed by atoms with Gasteiger partial charge < -0.3 is 10.2 Å². The first kappa shape index (κ1) is 11.6. The number of benzene rings is 1. The van der Waals surface area contributed by atoms with Gasteiger partial charge in [-0.05, 0) is 17.7 Å². The van der Waals surface area contributed by atoms with Gasteiger partial charge in [0.1, 0.15) is 0 Å². The van der Waals surface area contributed by atoms with Crippen LogP contribution >= 0.6 is 0 Å². The Bertz CT molecular complexity index is 334. The molecule has 15 heavy (non-hydrogen) atoms. The van der Waals surface area contributed by atoms with Gasteiger partial charge in [-0.2, -0.15) is 0 Å². The molecule has 0 heterocycles. The van der Waals surface area contributed by atoms with Crippen LogP contribution in [-0.4, -0.2) is 20.0 Å². The average Bonchev–Trinajstić information content (AvgIpc) is 2.26. The van der Waals surface area contributed by atoms with Gasteiger partial charge >= 0.3 is 0 Å². The number of carbonyl (C=O) groups is 1. The standard InChI is InChI=1S/C12H18N2O/c1-4-12(15)13-9-10-6-5-7-11(8-10)14(2)3/h5-8H,4,9H2,1-3H3,(H,13,15). The van der Waals surface area contributed by atoms with Crippen LogP contribution in [-0.2, 0) is 11.3 Å². The zero-order valence-corrected chi connectivity index (χ0v) is 9.58. The molecule has 0 bridgehead atoms. The van der Waals surface area contributed by atoms with E-state index < -0.39 is 0 Å². The van der Waals surface area contributed by atoms with Crippen LogP contribution in [0.2, 0.25) is 0 Å². The summed E-state index contributed by atoms with van der Waals surface area (Å²) in [5.74, 6) is 0.0882. The van der Waals surface area contributed by atoms with E-state index in [-0.39, 0.29) is 5.91 Å². The van der Waals surface area contributed by atoms with Crippen LogP contribution in [0.25, 0.3) is 0 Å². The minimum atomic E-state index is 0.0882. The molecule has 1 rings (SSSR count). The van der Waals surface area contributed by atoms with Crippen molar-refractivity contribution in [1.29, 1.82) is 0 Å². The molecule has 0 aliphatic heterocycles. The Kier molecular flexibility index (Phi) is 4.16. The van der Waals surface area contributed by atoms with Crippen molar-refractivity contribution < 1.29 is 4.79 Å². The highest BCUT2D eigenvalue weighted by atomic mass is 16.1. The zero-order chi connectivity index (χ0) is 11.3. The second-order valence-corrected chi connectivity index (χ2v) is 3.69. The number of anilines is 1. The average molecular weight is 206 g/mol. The number of amides is 1. The van der Waals surface area contributed by atoms with E-state index in [1.54, 1.807) is 0 Å². The summed E-state index contributed by atoms with van der Waals surface area (Å²) in [6.45, 7) is 2.46. The van der Waals surface area contributed by atoms with E-state index in [4.69, 9.17) is 0 Å². The molecule has 1 N–H and O–H groups in total. The van der Waals surface area contributed by atoms with Gasteiger partial charge in [0.05, 0.1) is 0 Å². The lowest BCUT2D eigenvalue weighted by atomic mass is 10.2. The van der Waals surface area contributed by atoms with Gasteiger partial charge in [0, 0.05) is 32.7 Å². The van der Waals surface area contributed by atoms with Crippen molar-refractivity contribution in [2.24, 2.45) is 0 Å². The minimum absolute atomic E-state index is 0.0882. The minimum Gasteiger partial charge on any atom is -0.378 e. The molecule has 0 fully saturated rings. The van der Waals surface area contributed by atoms with Crippen molar-refractivity contribution >= 4 is 11.6 Å². The molecular weight excluding hydrogens is 188 g/mol. The van der Waals surface area contributed by atoms with Gasteiger partial charge in [0.25, 0.3) is 0 Å². The summed E-state index contributed by atoms with van der Waals surface area (Å²) in [5.41, 5.74) is 2.28. The topological polar surface area (TPSA) is 32.3 Å². The van der Waals surface area contributed by atoms with Crippen LogP contribution in [0.4, 0.5) is 5.69 Å². The molecule has 82 valence electrons. The zero-order valence-electron chi connectivity index (χ0n) is 9.58. The molecule has 0 aromatic heterocycles. The maximum atomic E-state index is 11.1. The summed E-state index contributed by atoms with van der Waals surface area (Å²) in [5, 5.41) is 2.86. The molecule has 0 aliphatic carbocycles. The van der Waals surface area contributed by atoms with Gasteiger partial charge in [0.2, 0.25) is 5.91 Å². The summed E-state index contributed by atoms with van der Waals surface area (Å²) < 4.78 is 0. The van der Waals surface area contributed by atoms with Crippen LogP contribution in [0, 0.1) is 0 Å². The van der Waals surface area contributed by atoms with Crippen LogP contribution in [0.1, 0.15) is 18.9 Å². The van der Waals surface area contributed by atoms with E-state index >= 15 is 0 Å². The summed E-state index contributed by atoms with van der Waals surface area (Å²) in [6.07, 6.45) is 0.535. The monoisotopic (exact) mass is 206 g/mol. The van der Waals surface area contributed by atoms with Gasteiger partial charge in [-0.1, -0.05) is 19.1 Å². The fourth-order valence-corrected chi connectivity index (χ4v) is 1.27. The largest absolute Gasteiger partial charge is 0.378 e. The third-order valence-electron chi connectivity index (χ3n) is 2.24. The summed E-state index contributed by atoms with van der Waals surface area (Å²) in [7, 11) is 4.01. The summed E-state index contributed by atoms with van der Waals surface area (Å²) >= 11 is 0. The SMILES string of the molecule is CCC(=O)NCc1cccc(N(C)C)c1. The first-order valence-electron chi connectivity index (χ1n) is 5.16. The van der Waals surface area contributed by atoms with Crippen molar-refractivity contribution in [3.63, 3.8) is 0 Å². The van der Waals surface area contributed by atoms with Crippen molar-refractivity contribution in [2.45, 2.75) is 19.9 Å². The van der Waals surface area contributed by atoms with Gasteiger partial charge in [-0.15, -0.1) is 0 Å². The predicted molar refractivity (Wildman–Crippen MR) is 62.9 cm³/mol. The van der Waals surface area contributed by atoms with Crippen molar-refractivity contribution in [3.05, 3.63) is 29.8 Å².